The normalized spacial score (nSPS) is 41.7. The average Bonchev–Trinajstić information content (AvgIpc) is 2.73. The van der Waals surface area contributed by atoms with Gasteiger partial charge in [0.15, 0.2) is 0 Å². The molecule has 2 heterocycles. The summed E-state index contributed by atoms with van der Waals surface area (Å²) in [6.07, 6.45) is 6.78. The van der Waals surface area contributed by atoms with Gasteiger partial charge in [-0.1, -0.05) is 0 Å². The molecule has 2 aliphatic heterocycles. The van der Waals surface area contributed by atoms with Crippen LogP contribution < -0.4 is 0 Å². The maximum Gasteiger partial charge on any atom is 0.133 e. The monoisotopic (exact) mass is 178 g/mol. The topological polar surface area (TPSA) is 32.7 Å². The van der Waals surface area contributed by atoms with E-state index in [1.54, 1.807) is 0 Å². The van der Waals surface area contributed by atoms with Gasteiger partial charge in [0.2, 0.25) is 0 Å². The Kier molecular flexibility index (Phi) is 1.35. The summed E-state index contributed by atoms with van der Waals surface area (Å²) >= 11 is 0. The molecule has 2 atom stereocenters. The first-order valence-electron chi connectivity index (χ1n) is 5.18. The molecule has 0 radical (unpaired) electrons. The second-order valence-corrected chi connectivity index (χ2v) is 4.38. The van der Waals surface area contributed by atoms with E-state index in [2.05, 4.69) is 10.1 Å². The van der Waals surface area contributed by atoms with Crippen LogP contribution in [0, 0.1) is 5.41 Å². The first kappa shape index (κ1) is 7.54. The van der Waals surface area contributed by atoms with Crippen LogP contribution in [0.25, 0.3) is 0 Å². The highest BCUT2D eigenvalue weighted by molar-refractivity contribution is 6.05. The molecule has 3 heteroatoms. The number of hydrogen-bond acceptors (Lipinski definition) is 3. The maximum atomic E-state index is 11.2. The third-order valence-corrected chi connectivity index (χ3v) is 3.82. The van der Waals surface area contributed by atoms with Crippen LogP contribution >= 0.6 is 0 Å². The third-order valence-electron chi connectivity index (χ3n) is 3.82. The van der Waals surface area contributed by atoms with Gasteiger partial charge in [0, 0.05) is 6.54 Å². The van der Waals surface area contributed by atoms with Crippen molar-refractivity contribution in [1.82, 2.24) is 5.01 Å². The van der Waals surface area contributed by atoms with Gasteiger partial charge in [0.05, 0.1) is 17.2 Å². The maximum absolute atomic E-state index is 11.2. The molecule has 0 amide bonds. The van der Waals surface area contributed by atoms with Crippen LogP contribution in [-0.2, 0) is 4.79 Å². The SMILES string of the molecule is O=CC12CCCC1=NN1CCCC12. The second-order valence-electron chi connectivity index (χ2n) is 4.38. The van der Waals surface area contributed by atoms with Crippen molar-refractivity contribution in [3.05, 3.63) is 0 Å². The van der Waals surface area contributed by atoms with Gasteiger partial charge in [-0.15, -0.1) is 0 Å². The highest BCUT2D eigenvalue weighted by Gasteiger charge is 2.54. The van der Waals surface area contributed by atoms with Crippen LogP contribution in [0.3, 0.4) is 0 Å². The van der Waals surface area contributed by atoms with Crippen LogP contribution in [0.4, 0.5) is 0 Å². The zero-order valence-electron chi connectivity index (χ0n) is 7.70. The number of carbonyl (C=O) groups is 1. The van der Waals surface area contributed by atoms with Crippen molar-refractivity contribution in [1.29, 1.82) is 0 Å². The Morgan fingerprint density at radius 1 is 1.54 bits per heavy atom. The molecule has 70 valence electrons. The Hall–Kier alpha value is -0.860. The molecule has 0 bridgehead atoms. The summed E-state index contributed by atoms with van der Waals surface area (Å²) in [5.74, 6) is 0. The molecule has 1 saturated heterocycles. The molecule has 13 heavy (non-hydrogen) atoms. The largest absolute Gasteiger partial charge is 0.302 e. The summed E-state index contributed by atoms with van der Waals surface area (Å²) in [7, 11) is 0. The molecule has 1 saturated carbocycles. The van der Waals surface area contributed by atoms with Crippen LogP contribution in [0.1, 0.15) is 32.1 Å². The molecule has 0 spiro atoms. The van der Waals surface area contributed by atoms with Crippen molar-refractivity contribution >= 4 is 12.0 Å². The van der Waals surface area contributed by atoms with Crippen LogP contribution in [-0.4, -0.2) is 29.6 Å². The summed E-state index contributed by atoms with van der Waals surface area (Å²) < 4.78 is 0. The van der Waals surface area contributed by atoms with E-state index in [4.69, 9.17) is 0 Å². The Bertz CT molecular complexity index is 287. The predicted octanol–water partition coefficient (Wildman–Crippen LogP) is 1.19. The molecule has 1 aliphatic carbocycles. The van der Waals surface area contributed by atoms with E-state index in [1.807, 2.05) is 0 Å². The van der Waals surface area contributed by atoms with Crippen molar-refractivity contribution in [3.63, 3.8) is 0 Å². The van der Waals surface area contributed by atoms with Crippen molar-refractivity contribution in [2.45, 2.75) is 38.1 Å². The lowest BCUT2D eigenvalue weighted by atomic mass is 9.79. The smallest absolute Gasteiger partial charge is 0.133 e. The summed E-state index contributed by atoms with van der Waals surface area (Å²) in [5, 5.41) is 6.73. The van der Waals surface area contributed by atoms with Gasteiger partial charge in [-0.2, -0.15) is 5.10 Å². The molecule has 0 aromatic heterocycles. The molecule has 2 fully saturated rings. The predicted molar refractivity (Wildman–Crippen MR) is 49.5 cm³/mol. The van der Waals surface area contributed by atoms with Gasteiger partial charge in [0.25, 0.3) is 0 Å². The Labute approximate surface area is 77.8 Å². The Morgan fingerprint density at radius 3 is 3.31 bits per heavy atom. The molecular formula is C10H14N2O. The molecule has 0 aromatic carbocycles. The molecule has 2 unspecified atom stereocenters. The second kappa shape index (κ2) is 2.34. The molecule has 3 nitrogen and oxygen atoms in total. The number of hydrogen-bond donors (Lipinski definition) is 0. The van der Waals surface area contributed by atoms with E-state index < -0.39 is 0 Å². The lowest BCUT2D eigenvalue weighted by Gasteiger charge is -2.26. The number of nitrogens with zero attached hydrogens (tertiary/aromatic N) is 2. The van der Waals surface area contributed by atoms with Gasteiger partial charge < -0.3 is 4.79 Å². The molecule has 0 aromatic rings. The van der Waals surface area contributed by atoms with E-state index in [1.165, 1.54) is 18.4 Å². The van der Waals surface area contributed by atoms with Crippen molar-refractivity contribution in [2.24, 2.45) is 10.5 Å². The summed E-state index contributed by atoms with van der Waals surface area (Å²) in [4.78, 5) is 11.2. The fraction of sp³-hybridized carbons (Fsp3) is 0.800. The number of hydrazone groups is 1. The van der Waals surface area contributed by atoms with Gasteiger partial charge in [-0.3, -0.25) is 5.01 Å². The highest BCUT2D eigenvalue weighted by Crippen LogP contribution is 2.47. The standard InChI is InChI=1S/C10H14N2O/c13-7-10-5-1-3-8(10)11-12-6-2-4-9(10)12/h7,9H,1-6H2. The van der Waals surface area contributed by atoms with E-state index >= 15 is 0 Å². The van der Waals surface area contributed by atoms with Crippen molar-refractivity contribution in [3.8, 4) is 0 Å². The van der Waals surface area contributed by atoms with E-state index in [9.17, 15) is 4.79 Å². The third kappa shape index (κ3) is 0.754. The zero-order valence-corrected chi connectivity index (χ0v) is 7.70. The zero-order chi connectivity index (χ0) is 8.89. The Morgan fingerprint density at radius 2 is 2.46 bits per heavy atom. The number of rotatable bonds is 1. The van der Waals surface area contributed by atoms with E-state index in [0.29, 0.717) is 6.04 Å². The first-order valence-corrected chi connectivity index (χ1v) is 5.18. The van der Waals surface area contributed by atoms with Crippen LogP contribution in [0.5, 0.6) is 0 Å². The van der Waals surface area contributed by atoms with E-state index in [0.717, 1.165) is 32.2 Å². The van der Waals surface area contributed by atoms with Gasteiger partial charge in [0.1, 0.15) is 6.29 Å². The van der Waals surface area contributed by atoms with Crippen LogP contribution in [0.2, 0.25) is 0 Å². The van der Waals surface area contributed by atoms with Crippen LogP contribution in [0.15, 0.2) is 5.10 Å². The summed E-state index contributed by atoms with van der Waals surface area (Å²) in [6, 6.07) is 0.419. The first-order chi connectivity index (χ1) is 6.37. The quantitative estimate of drug-likeness (QED) is 0.565. The van der Waals surface area contributed by atoms with Gasteiger partial charge >= 0.3 is 0 Å². The lowest BCUT2D eigenvalue weighted by Crippen LogP contribution is -2.39. The minimum atomic E-state index is -0.156. The molecule has 3 rings (SSSR count). The summed E-state index contributed by atoms with van der Waals surface area (Å²) in [5.41, 5.74) is 1.02. The van der Waals surface area contributed by atoms with Gasteiger partial charge in [-0.25, -0.2) is 0 Å². The Balaban J connectivity index is 2.05. The summed E-state index contributed by atoms with van der Waals surface area (Å²) in [6.45, 7) is 1.06. The fourth-order valence-corrected chi connectivity index (χ4v) is 3.18. The van der Waals surface area contributed by atoms with Crippen molar-refractivity contribution < 1.29 is 4.79 Å². The molecule has 3 aliphatic rings. The fourth-order valence-electron chi connectivity index (χ4n) is 3.18. The van der Waals surface area contributed by atoms with Gasteiger partial charge in [-0.05, 0) is 32.1 Å². The lowest BCUT2D eigenvalue weighted by molar-refractivity contribution is -0.114. The number of aldehydes is 1. The molecule has 0 N–H and O–H groups in total. The minimum absolute atomic E-state index is 0.156. The highest BCUT2D eigenvalue weighted by atomic mass is 16.1. The minimum Gasteiger partial charge on any atom is -0.302 e. The molecular weight excluding hydrogens is 164 g/mol. The van der Waals surface area contributed by atoms with E-state index in [-0.39, 0.29) is 5.41 Å². The number of fused-ring (bicyclic) bond motifs is 3. The number of carbonyl (C=O) groups excluding carboxylic acids is 1. The van der Waals surface area contributed by atoms with Crippen molar-refractivity contribution in [2.75, 3.05) is 6.54 Å². The average molecular weight is 178 g/mol.